The number of piperidine rings is 1. The zero-order valence-corrected chi connectivity index (χ0v) is 17.4. The first-order chi connectivity index (χ1) is 13.6. The van der Waals surface area contributed by atoms with Crippen LogP contribution in [0.1, 0.15) is 48.8 Å². The van der Waals surface area contributed by atoms with Crippen molar-refractivity contribution in [2.45, 2.75) is 37.6 Å². The van der Waals surface area contributed by atoms with E-state index in [1.165, 1.54) is 18.4 Å². The lowest BCUT2D eigenvalue weighted by Gasteiger charge is -2.45. The summed E-state index contributed by atoms with van der Waals surface area (Å²) in [6, 6.07) is 16.0. The van der Waals surface area contributed by atoms with Gasteiger partial charge in [0.15, 0.2) is 0 Å². The Morgan fingerprint density at radius 2 is 1.79 bits per heavy atom. The predicted molar refractivity (Wildman–Crippen MR) is 116 cm³/mol. The molecule has 28 heavy (non-hydrogen) atoms. The van der Waals surface area contributed by atoms with E-state index in [1.54, 1.807) is 0 Å². The molecule has 2 aliphatic rings. The van der Waals surface area contributed by atoms with Crippen LogP contribution in [-0.2, 0) is 4.79 Å². The number of allylic oxidation sites excluding steroid dienone is 1. The Kier molecular flexibility index (Phi) is 5.80. The van der Waals surface area contributed by atoms with E-state index in [-0.39, 0.29) is 23.8 Å². The number of rotatable bonds is 6. The minimum Gasteiger partial charge on any atom is -0.335 e. The van der Waals surface area contributed by atoms with Gasteiger partial charge in [-0.15, -0.1) is 6.58 Å². The third-order valence-corrected chi connectivity index (χ3v) is 6.47. The predicted octanol–water partition coefficient (Wildman–Crippen LogP) is 6.65. The molecule has 1 saturated carbocycles. The van der Waals surface area contributed by atoms with Crippen LogP contribution in [0, 0.1) is 11.8 Å². The summed E-state index contributed by atoms with van der Waals surface area (Å²) in [5.74, 6) is 1.05. The van der Waals surface area contributed by atoms with Crippen LogP contribution in [0.25, 0.3) is 0 Å². The van der Waals surface area contributed by atoms with Gasteiger partial charge < -0.3 is 4.90 Å². The van der Waals surface area contributed by atoms with Crippen LogP contribution in [0.4, 0.5) is 0 Å². The second-order valence-electron chi connectivity index (χ2n) is 8.05. The Bertz CT molecular complexity index is 859. The molecule has 2 aromatic carbocycles. The smallest absolute Gasteiger partial charge is 0.226 e. The number of carbonyl (C=O) groups excluding carboxylic acids is 1. The van der Waals surface area contributed by atoms with Crippen molar-refractivity contribution in [3.05, 3.63) is 82.4 Å². The van der Waals surface area contributed by atoms with Crippen LogP contribution in [-0.4, -0.2) is 17.4 Å². The molecule has 2 aromatic rings. The molecule has 1 heterocycles. The Hall–Kier alpha value is -1.77. The summed E-state index contributed by atoms with van der Waals surface area (Å²) in [5, 5.41) is 1.45. The standard InChI is InChI=1S/C24H25Cl2NO/c1-2-4-19-14-22(18-5-3-6-21(26)13-18)23(17-9-11-20(25)12-10-17)27(24(19)28)15-16-7-8-16/h2-3,5-6,9-13,16,19,22-23H,1,4,7-8,14-15H2/t19-,22-,23-/m0/s1. The summed E-state index contributed by atoms with van der Waals surface area (Å²) < 4.78 is 0. The van der Waals surface area contributed by atoms with E-state index in [9.17, 15) is 4.79 Å². The zero-order chi connectivity index (χ0) is 19.7. The van der Waals surface area contributed by atoms with Crippen LogP contribution >= 0.6 is 23.2 Å². The fourth-order valence-corrected chi connectivity index (χ4v) is 4.76. The van der Waals surface area contributed by atoms with Crippen molar-refractivity contribution in [2.75, 3.05) is 6.54 Å². The van der Waals surface area contributed by atoms with Gasteiger partial charge in [-0.1, -0.05) is 53.5 Å². The fraction of sp³-hybridized carbons (Fsp3) is 0.375. The van der Waals surface area contributed by atoms with Gasteiger partial charge in [0.1, 0.15) is 0 Å². The summed E-state index contributed by atoms with van der Waals surface area (Å²) in [5.41, 5.74) is 2.33. The molecule has 0 bridgehead atoms. The summed E-state index contributed by atoms with van der Waals surface area (Å²) in [4.78, 5) is 15.5. The van der Waals surface area contributed by atoms with E-state index in [0.29, 0.717) is 17.4 Å². The van der Waals surface area contributed by atoms with Crippen molar-refractivity contribution in [2.24, 2.45) is 11.8 Å². The Morgan fingerprint density at radius 3 is 2.43 bits per heavy atom. The van der Waals surface area contributed by atoms with Gasteiger partial charge in [-0.25, -0.2) is 0 Å². The second kappa shape index (κ2) is 8.31. The summed E-state index contributed by atoms with van der Waals surface area (Å²) in [7, 11) is 0. The monoisotopic (exact) mass is 413 g/mol. The highest BCUT2D eigenvalue weighted by Gasteiger charge is 2.44. The van der Waals surface area contributed by atoms with Gasteiger partial charge in [0.05, 0.1) is 6.04 Å². The normalized spacial score (nSPS) is 25.0. The number of hydrogen-bond acceptors (Lipinski definition) is 1. The molecule has 3 atom stereocenters. The number of hydrogen-bond donors (Lipinski definition) is 0. The van der Waals surface area contributed by atoms with Crippen molar-refractivity contribution in [3.8, 4) is 0 Å². The van der Waals surface area contributed by atoms with E-state index in [2.05, 4.69) is 29.7 Å². The van der Waals surface area contributed by atoms with Crippen molar-refractivity contribution in [1.29, 1.82) is 0 Å². The highest BCUT2D eigenvalue weighted by Crippen LogP contribution is 2.48. The number of benzene rings is 2. The highest BCUT2D eigenvalue weighted by molar-refractivity contribution is 6.30. The molecule has 0 radical (unpaired) electrons. The topological polar surface area (TPSA) is 20.3 Å². The molecular formula is C24H25Cl2NO. The fourth-order valence-electron chi connectivity index (χ4n) is 4.43. The molecule has 0 N–H and O–H groups in total. The van der Waals surface area contributed by atoms with Crippen LogP contribution < -0.4 is 0 Å². The zero-order valence-electron chi connectivity index (χ0n) is 15.9. The van der Waals surface area contributed by atoms with Gasteiger partial charge in [0.25, 0.3) is 0 Å². The lowest BCUT2D eigenvalue weighted by molar-refractivity contribution is -0.143. The minimum atomic E-state index is -0.0243. The third kappa shape index (κ3) is 4.14. The molecule has 4 rings (SSSR count). The summed E-state index contributed by atoms with van der Waals surface area (Å²) >= 11 is 12.5. The number of nitrogens with zero attached hydrogens (tertiary/aromatic N) is 1. The van der Waals surface area contributed by atoms with Crippen molar-refractivity contribution >= 4 is 29.1 Å². The number of amides is 1. The van der Waals surface area contributed by atoms with E-state index < -0.39 is 0 Å². The average Bonchev–Trinajstić information content (AvgIpc) is 3.50. The van der Waals surface area contributed by atoms with Gasteiger partial charge in [0.2, 0.25) is 5.91 Å². The van der Waals surface area contributed by atoms with Gasteiger partial charge in [-0.3, -0.25) is 4.79 Å². The SMILES string of the molecule is C=CC[C@H]1C[C@@H](c2cccc(Cl)c2)[C@H](c2ccc(Cl)cc2)N(CC2CC2)C1=O. The molecule has 2 fully saturated rings. The first-order valence-electron chi connectivity index (χ1n) is 9.99. The van der Waals surface area contributed by atoms with E-state index in [1.807, 2.05) is 36.4 Å². The largest absolute Gasteiger partial charge is 0.335 e. The molecule has 4 heteroatoms. The molecule has 1 aliphatic carbocycles. The molecule has 1 saturated heterocycles. The number of likely N-dealkylation sites (tertiary alicyclic amines) is 1. The highest BCUT2D eigenvalue weighted by atomic mass is 35.5. The molecule has 0 unspecified atom stereocenters. The molecule has 0 aromatic heterocycles. The van der Waals surface area contributed by atoms with Crippen LogP contribution in [0.15, 0.2) is 61.2 Å². The lowest BCUT2D eigenvalue weighted by Crippen LogP contribution is -2.47. The van der Waals surface area contributed by atoms with E-state index >= 15 is 0 Å². The average molecular weight is 414 g/mol. The van der Waals surface area contributed by atoms with Gasteiger partial charge in [-0.2, -0.15) is 0 Å². The first kappa shape index (κ1) is 19.5. The first-order valence-corrected chi connectivity index (χ1v) is 10.7. The molecular weight excluding hydrogens is 389 g/mol. The van der Waals surface area contributed by atoms with Crippen molar-refractivity contribution < 1.29 is 4.79 Å². The quantitative estimate of drug-likeness (QED) is 0.485. The Labute approximate surface area is 177 Å². The summed E-state index contributed by atoms with van der Waals surface area (Å²) in [6.45, 7) is 4.71. The third-order valence-electron chi connectivity index (χ3n) is 5.98. The maximum absolute atomic E-state index is 13.4. The minimum absolute atomic E-state index is 0.00454. The molecule has 1 aliphatic heterocycles. The van der Waals surface area contributed by atoms with Crippen LogP contribution in [0.5, 0.6) is 0 Å². The van der Waals surface area contributed by atoms with Gasteiger partial charge >= 0.3 is 0 Å². The Balaban J connectivity index is 1.79. The van der Waals surface area contributed by atoms with E-state index in [4.69, 9.17) is 23.2 Å². The van der Waals surface area contributed by atoms with Crippen LogP contribution in [0.2, 0.25) is 10.0 Å². The van der Waals surface area contributed by atoms with Gasteiger partial charge in [0, 0.05) is 28.4 Å². The lowest BCUT2D eigenvalue weighted by atomic mass is 9.75. The van der Waals surface area contributed by atoms with Crippen molar-refractivity contribution in [1.82, 2.24) is 4.90 Å². The Morgan fingerprint density at radius 1 is 1.04 bits per heavy atom. The van der Waals surface area contributed by atoms with E-state index in [0.717, 1.165) is 23.6 Å². The van der Waals surface area contributed by atoms with Crippen molar-refractivity contribution in [3.63, 3.8) is 0 Å². The molecule has 146 valence electrons. The maximum Gasteiger partial charge on any atom is 0.226 e. The maximum atomic E-state index is 13.4. The summed E-state index contributed by atoms with van der Waals surface area (Å²) in [6.07, 6.45) is 5.82. The number of halogens is 2. The molecule has 2 nitrogen and oxygen atoms in total. The number of carbonyl (C=O) groups is 1. The van der Waals surface area contributed by atoms with Gasteiger partial charge in [-0.05, 0) is 67.0 Å². The molecule has 1 amide bonds. The molecule has 0 spiro atoms. The van der Waals surface area contributed by atoms with Crippen LogP contribution in [0.3, 0.4) is 0 Å². The second-order valence-corrected chi connectivity index (χ2v) is 8.92.